The second kappa shape index (κ2) is 8.32. The van der Waals surface area contributed by atoms with Crippen LogP contribution in [0.1, 0.15) is 19.4 Å². The zero-order valence-electron chi connectivity index (χ0n) is 14.7. The molecule has 0 atom stereocenters. The minimum absolute atomic E-state index is 0.410. The number of rotatable bonds is 7. The highest BCUT2D eigenvalue weighted by Crippen LogP contribution is 2.32. The van der Waals surface area contributed by atoms with Crippen molar-refractivity contribution in [1.29, 1.82) is 0 Å². The number of hydrogen-bond acceptors (Lipinski definition) is 4. The predicted molar refractivity (Wildman–Crippen MR) is 106 cm³/mol. The van der Waals surface area contributed by atoms with Crippen molar-refractivity contribution < 1.29 is 14.3 Å². The number of aromatic nitrogens is 1. The van der Waals surface area contributed by atoms with Crippen LogP contribution in [0.15, 0.2) is 53.0 Å². The van der Waals surface area contributed by atoms with Gasteiger partial charge in [0.15, 0.2) is 0 Å². The number of hydrogen-bond donors (Lipinski definition) is 0. The van der Waals surface area contributed by atoms with Crippen LogP contribution < -0.4 is 9.47 Å². The van der Waals surface area contributed by atoms with Gasteiger partial charge in [-0.3, -0.25) is 0 Å². The summed E-state index contributed by atoms with van der Waals surface area (Å²) in [4.78, 5) is 15.2. The molecule has 0 saturated carbocycles. The fourth-order valence-corrected chi connectivity index (χ4v) is 2.95. The van der Waals surface area contributed by atoms with Crippen LogP contribution in [0.4, 0.5) is 0 Å². The Labute approximate surface area is 161 Å². The van der Waals surface area contributed by atoms with Crippen molar-refractivity contribution in [3.8, 4) is 17.4 Å². The fraction of sp³-hybridized carbons (Fsp3) is 0.238. The summed E-state index contributed by atoms with van der Waals surface area (Å²) in [7, 11) is 0. The topological polar surface area (TPSA) is 48.4 Å². The molecule has 134 valence electrons. The molecule has 0 fully saturated rings. The molecule has 0 saturated heterocycles. The lowest BCUT2D eigenvalue weighted by Gasteiger charge is -2.12. The lowest BCUT2D eigenvalue weighted by molar-refractivity contribution is -0.107. The van der Waals surface area contributed by atoms with Gasteiger partial charge >= 0.3 is 0 Å². The summed E-state index contributed by atoms with van der Waals surface area (Å²) in [5, 5.41) is 0.982. The van der Waals surface area contributed by atoms with Crippen LogP contribution in [-0.2, 0) is 11.2 Å². The first-order valence-corrected chi connectivity index (χ1v) is 9.28. The quantitative estimate of drug-likeness (QED) is 0.475. The molecule has 0 unspecified atom stereocenters. The molecule has 0 radical (unpaired) electrons. The third kappa shape index (κ3) is 4.61. The molecule has 3 aromatic rings. The largest absolute Gasteiger partial charge is 0.492 e. The van der Waals surface area contributed by atoms with E-state index in [-0.39, 0.29) is 0 Å². The first-order chi connectivity index (χ1) is 12.5. The van der Waals surface area contributed by atoms with Crippen LogP contribution in [0.2, 0.25) is 0 Å². The summed E-state index contributed by atoms with van der Waals surface area (Å²) < 4.78 is 12.5. The standard InChI is InChI=1S/C21H20BrNO3/c1-14(2)13-25-20-7-5-17(12-18(20)22)26-21-8-4-16-11-15(9-10-24)3-6-19(16)23-21/h3-8,10-12,14H,9,13H2,1-2H3. The van der Waals surface area contributed by atoms with Gasteiger partial charge in [0.25, 0.3) is 0 Å². The number of carbonyl (C=O) groups excluding carboxylic acids is 1. The lowest BCUT2D eigenvalue weighted by atomic mass is 10.1. The molecule has 0 amide bonds. The Morgan fingerprint density at radius 3 is 2.69 bits per heavy atom. The number of aldehydes is 1. The van der Waals surface area contributed by atoms with E-state index in [1.807, 2.05) is 48.5 Å². The van der Waals surface area contributed by atoms with Gasteiger partial charge in [0, 0.05) is 17.9 Å². The average molecular weight is 414 g/mol. The van der Waals surface area contributed by atoms with Crippen LogP contribution in [0.3, 0.4) is 0 Å². The molecular weight excluding hydrogens is 394 g/mol. The van der Waals surface area contributed by atoms with Crippen molar-refractivity contribution in [2.75, 3.05) is 6.61 Å². The summed E-state index contributed by atoms with van der Waals surface area (Å²) in [5.41, 5.74) is 1.80. The summed E-state index contributed by atoms with van der Waals surface area (Å²) in [6.45, 7) is 4.88. The molecule has 4 nitrogen and oxygen atoms in total. The fourth-order valence-electron chi connectivity index (χ4n) is 2.48. The van der Waals surface area contributed by atoms with Crippen molar-refractivity contribution in [2.24, 2.45) is 5.92 Å². The normalized spacial score (nSPS) is 10.9. The Balaban J connectivity index is 1.76. The molecule has 2 aromatic carbocycles. The van der Waals surface area contributed by atoms with Crippen LogP contribution in [0, 0.1) is 5.92 Å². The first-order valence-electron chi connectivity index (χ1n) is 8.48. The van der Waals surface area contributed by atoms with Gasteiger partial charge in [-0.1, -0.05) is 19.9 Å². The predicted octanol–water partition coefficient (Wildman–Crippen LogP) is 5.57. The summed E-state index contributed by atoms with van der Waals surface area (Å²) in [6, 6.07) is 15.2. The lowest BCUT2D eigenvalue weighted by Crippen LogP contribution is -2.04. The minimum atomic E-state index is 0.410. The van der Waals surface area contributed by atoms with Crippen molar-refractivity contribution >= 4 is 33.1 Å². The van der Waals surface area contributed by atoms with Gasteiger partial charge in [-0.2, -0.15) is 0 Å². The molecular formula is C21H20BrNO3. The van der Waals surface area contributed by atoms with E-state index >= 15 is 0 Å². The van der Waals surface area contributed by atoms with E-state index in [2.05, 4.69) is 34.8 Å². The molecule has 0 aliphatic carbocycles. The first kappa shape index (κ1) is 18.4. The Bertz CT molecular complexity index is 924. The highest BCUT2D eigenvalue weighted by molar-refractivity contribution is 9.10. The van der Waals surface area contributed by atoms with E-state index in [4.69, 9.17) is 9.47 Å². The number of nitrogens with zero attached hydrogens (tertiary/aromatic N) is 1. The molecule has 0 aliphatic heterocycles. The zero-order chi connectivity index (χ0) is 18.5. The maximum absolute atomic E-state index is 10.6. The maximum atomic E-state index is 10.6. The van der Waals surface area contributed by atoms with E-state index in [1.54, 1.807) is 0 Å². The highest BCUT2D eigenvalue weighted by atomic mass is 79.9. The van der Waals surface area contributed by atoms with Crippen molar-refractivity contribution in [2.45, 2.75) is 20.3 Å². The molecule has 0 spiro atoms. The third-order valence-corrected chi connectivity index (χ3v) is 4.36. The maximum Gasteiger partial charge on any atom is 0.219 e. The smallest absolute Gasteiger partial charge is 0.219 e. The van der Waals surface area contributed by atoms with Crippen molar-refractivity contribution in [3.63, 3.8) is 0 Å². The number of pyridine rings is 1. The van der Waals surface area contributed by atoms with Crippen LogP contribution in [0.5, 0.6) is 17.4 Å². The monoisotopic (exact) mass is 413 g/mol. The molecule has 26 heavy (non-hydrogen) atoms. The van der Waals surface area contributed by atoms with Gasteiger partial charge in [-0.15, -0.1) is 0 Å². The van der Waals surface area contributed by atoms with E-state index in [0.717, 1.165) is 33.0 Å². The SMILES string of the molecule is CC(C)COc1ccc(Oc2ccc3cc(CC=O)ccc3n2)cc1Br. The second-order valence-corrected chi connectivity index (χ2v) is 7.30. The Hall–Kier alpha value is -2.40. The summed E-state index contributed by atoms with van der Waals surface area (Å²) in [6.07, 6.45) is 1.31. The number of carbonyl (C=O) groups is 1. The Morgan fingerprint density at radius 2 is 1.96 bits per heavy atom. The molecule has 0 bridgehead atoms. The third-order valence-electron chi connectivity index (χ3n) is 3.75. The highest BCUT2D eigenvalue weighted by Gasteiger charge is 2.07. The zero-order valence-corrected chi connectivity index (χ0v) is 16.3. The van der Waals surface area contributed by atoms with Crippen LogP contribution in [0.25, 0.3) is 10.9 Å². The molecule has 3 rings (SSSR count). The summed E-state index contributed by atoms with van der Waals surface area (Å²) in [5.74, 6) is 2.45. The minimum Gasteiger partial charge on any atom is -0.492 e. The molecule has 1 aromatic heterocycles. The van der Waals surface area contributed by atoms with E-state index < -0.39 is 0 Å². The van der Waals surface area contributed by atoms with E-state index in [1.165, 1.54) is 0 Å². The van der Waals surface area contributed by atoms with Gasteiger partial charge in [-0.25, -0.2) is 4.98 Å². The van der Waals surface area contributed by atoms with Gasteiger partial charge in [0.05, 0.1) is 16.6 Å². The second-order valence-electron chi connectivity index (χ2n) is 6.45. The van der Waals surface area contributed by atoms with E-state index in [0.29, 0.717) is 30.6 Å². The number of halogens is 1. The van der Waals surface area contributed by atoms with Crippen LogP contribution >= 0.6 is 15.9 Å². The summed E-state index contributed by atoms with van der Waals surface area (Å²) >= 11 is 3.52. The Morgan fingerprint density at radius 1 is 1.12 bits per heavy atom. The van der Waals surface area contributed by atoms with Crippen molar-refractivity contribution in [3.05, 3.63) is 58.6 Å². The average Bonchev–Trinajstić information content (AvgIpc) is 2.61. The van der Waals surface area contributed by atoms with Crippen LogP contribution in [-0.4, -0.2) is 17.9 Å². The molecule has 5 heteroatoms. The van der Waals surface area contributed by atoms with Gasteiger partial charge in [0.2, 0.25) is 5.88 Å². The number of ether oxygens (including phenoxy) is 2. The Kier molecular flexibility index (Phi) is 5.89. The molecule has 0 N–H and O–H groups in total. The number of benzene rings is 2. The van der Waals surface area contributed by atoms with Crippen molar-refractivity contribution in [1.82, 2.24) is 4.98 Å². The van der Waals surface area contributed by atoms with Gasteiger partial charge < -0.3 is 14.3 Å². The molecule has 0 aliphatic rings. The van der Waals surface area contributed by atoms with Gasteiger partial charge in [-0.05, 0) is 63.8 Å². The van der Waals surface area contributed by atoms with E-state index in [9.17, 15) is 4.79 Å². The molecule has 1 heterocycles. The van der Waals surface area contributed by atoms with Gasteiger partial charge in [0.1, 0.15) is 17.8 Å². The number of fused-ring (bicyclic) bond motifs is 1.